The Morgan fingerprint density at radius 3 is 2.77 bits per heavy atom. The van der Waals surface area contributed by atoms with Crippen molar-refractivity contribution in [1.29, 1.82) is 0 Å². The Hall–Kier alpha value is -2.24. The van der Waals surface area contributed by atoms with E-state index in [1.54, 1.807) is 4.90 Å². The molecule has 0 bridgehead atoms. The lowest BCUT2D eigenvalue weighted by Crippen LogP contribution is -2.37. The fourth-order valence-electron chi connectivity index (χ4n) is 3.58. The zero-order valence-electron chi connectivity index (χ0n) is 14.2. The number of fused-ring (bicyclic) bond motifs is 1. The molecule has 1 saturated heterocycles. The number of aliphatic hydroxyl groups is 1. The van der Waals surface area contributed by atoms with Gasteiger partial charge in [0.15, 0.2) is 0 Å². The van der Waals surface area contributed by atoms with Crippen molar-refractivity contribution in [2.75, 3.05) is 13.2 Å². The molecule has 1 atom stereocenters. The smallest absolute Gasteiger partial charge is 0.254 e. The summed E-state index contributed by atoms with van der Waals surface area (Å²) < 4.78 is 0.911. The monoisotopic (exact) mass is 410 g/mol. The number of amides is 1. The van der Waals surface area contributed by atoms with Crippen LogP contribution in [-0.2, 0) is 0 Å². The molecule has 1 unspecified atom stereocenters. The first-order chi connectivity index (χ1) is 12.7. The van der Waals surface area contributed by atoms with Crippen LogP contribution in [-0.4, -0.2) is 40.1 Å². The number of halogens is 1. The first-order valence-corrected chi connectivity index (χ1v) is 9.54. The third-order valence-electron chi connectivity index (χ3n) is 4.92. The molecule has 1 aliphatic heterocycles. The number of hydrogen-bond donors (Lipinski definition) is 1. The standard InChI is InChI=1S/C21H19BrN2O2/c22-15-8-9-19-17(11-15)18(21(26)24-10-4-7-16(24)13-25)12-20(23-19)14-5-2-1-3-6-14/h1-3,5-6,8-9,11-12,16,25H,4,7,10,13H2. The Morgan fingerprint density at radius 1 is 1.19 bits per heavy atom. The Labute approximate surface area is 160 Å². The summed E-state index contributed by atoms with van der Waals surface area (Å²) in [5, 5.41) is 10.4. The van der Waals surface area contributed by atoms with E-state index in [9.17, 15) is 9.90 Å². The third kappa shape index (κ3) is 3.13. The zero-order valence-corrected chi connectivity index (χ0v) is 15.8. The number of aromatic nitrogens is 1. The Morgan fingerprint density at radius 2 is 2.00 bits per heavy atom. The maximum absolute atomic E-state index is 13.3. The van der Waals surface area contributed by atoms with Crippen LogP contribution in [0.3, 0.4) is 0 Å². The van der Waals surface area contributed by atoms with Gasteiger partial charge in [0.2, 0.25) is 0 Å². The second kappa shape index (κ2) is 7.17. The van der Waals surface area contributed by atoms with Crippen molar-refractivity contribution >= 4 is 32.7 Å². The van der Waals surface area contributed by atoms with Crippen molar-refractivity contribution in [3.05, 3.63) is 64.6 Å². The van der Waals surface area contributed by atoms with Crippen LogP contribution in [0.2, 0.25) is 0 Å². The lowest BCUT2D eigenvalue weighted by Gasteiger charge is -2.24. The average Bonchev–Trinajstić information content (AvgIpc) is 3.16. The highest BCUT2D eigenvalue weighted by Crippen LogP contribution is 2.29. The maximum Gasteiger partial charge on any atom is 0.254 e. The normalized spacial score (nSPS) is 17.0. The van der Waals surface area contributed by atoms with Crippen molar-refractivity contribution in [1.82, 2.24) is 9.88 Å². The topological polar surface area (TPSA) is 53.4 Å². The molecule has 1 aliphatic rings. The van der Waals surface area contributed by atoms with Gasteiger partial charge in [-0.05, 0) is 37.1 Å². The van der Waals surface area contributed by atoms with Gasteiger partial charge in [-0.25, -0.2) is 4.98 Å². The SMILES string of the molecule is O=C(c1cc(-c2ccccc2)nc2ccc(Br)cc12)N1CCCC1CO. The third-order valence-corrected chi connectivity index (χ3v) is 5.41. The molecule has 3 aromatic rings. The van der Waals surface area contributed by atoms with Crippen LogP contribution in [0.25, 0.3) is 22.2 Å². The minimum Gasteiger partial charge on any atom is -0.394 e. The van der Waals surface area contributed by atoms with Crippen LogP contribution < -0.4 is 0 Å². The van der Waals surface area contributed by atoms with Gasteiger partial charge in [-0.3, -0.25) is 4.79 Å². The molecule has 4 nitrogen and oxygen atoms in total. The number of rotatable bonds is 3. The lowest BCUT2D eigenvalue weighted by atomic mass is 10.0. The first kappa shape index (κ1) is 17.2. The minimum atomic E-state index is -0.0990. The lowest BCUT2D eigenvalue weighted by molar-refractivity contribution is 0.0679. The van der Waals surface area contributed by atoms with E-state index >= 15 is 0 Å². The second-order valence-electron chi connectivity index (χ2n) is 6.56. The number of hydrogen-bond acceptors (Lipinski definition) is 3. The Balaban J connectivity index is 1.88. The number of carbonyl (C=O) groups is 1. The molecular formula is C21H19BrN2O2. The summed E-state index contributed by atoms with van der Waals surface area (Å²) in [6, 6.07) is 17.5. The van der Waals surface area contributed by atoms with E-state index in [1.165, 1.54) is 0 Å². The van der Waals surface area contributed by atoms with Gasteiger partial charge in [0.1, 0.15) is 0 Å². The van der Waals surface area contributed by atoms with Gasteiger partial charge >= 0.3 is 0 Å². The van der Waals surface area contributed by atoms with Crippen LogP contribution >= 0.6 is 15.9 Å². The zero-order chi connectivity index (χ0) is 18.1. The molecule has 4 rings (SSSR count). The molecule has 132 valence electrons. The number of pyridine rings is 1. The highest BCUT2D eigenvalue weighted by molar-refractivity contribution is 9.10. The van der Waals surface area contributed by atoms with Gasteiger partial charge in [0.05, 0.1) is 29.4 Å². The van der Waals surface area contributed by atoms with Crippen molar-refractivity contribution in [3.63, 3.8) is 0 Å². The molecule has 5 heteroatoms. The minimum absolute atomic E-state index is 0.00396. The van der Waals surface area contributed by atoms with E-state index in [-0.39, 0.29) is 18.6 Å². The number of benzene rings is 2. The van der Waals surface area contributed by atoms with E-state index in [0.717, 1.165) is 39.5 Å². The van der Waals surface area contributed by atoms with Gasteiger partial charge in [-0.15, -0.1) is 0 Å². The predicted octanol–water partition coefficient (Wildman–Crippen LogP) is 4.26. The predicted molar refractivity (Wildman–Crippen MR) is 106 cm³/mol. The molecule has 26 heavy (non-hydrogen) atoms. The molecule has 1 aromatic heterocycles. The molecule has 2 heterocycles. The van der Waals surface area contributed by atoms with Crippen molar-refractivity contribution in [2.45, 2.75) is 18.9 Å². The molecule has 0 saturated carbocycles. The maximum atomic E-state index is 13.3. The van der Waals surface area contributed by atoms with Crippen LogP contribution in [0.4, 0.5) is 0 Å². The summed E-state index contributed by atoms with van der Waals surface area (Å²) in [5.74, 6) is -0.0377. The van der Waals surface area contributed by atoms with E-state index < -0.39 is 0 Å². The quantitative estimate of drug-likeness (QED) is 0.701. The van der Waals surface area contributed by atoms with Crippen LogP contribution in [0, 0.1) is 0 Å². The van der Waals surface area contributed by atoms with Crippen molar-refractivity contribution in [3.8, 4) is 11.3 Å². The van der Waals surface area contributed by atoms with Gasteiger partial charge in [-0.2, -0.15) is 0 Å². The summed E-state index contributed by atoms with van der Waals surface area (Å²) in [6.45, 7) is 0.687. The van der Waals surface area contributed by atoms with Crippen LogP contribution in [0.15, 0.2) is 59.1 Å². The van der Waals surface area contributed by atoms with Gasteiger partial charge in [0, 0.05) is 22.0 Å². The largest absolute Gasteiger partial charge is 0.394 e. The summed E-state index contributed by atoms with van der Waals surface area (Å²) in [7, 11) is 0. The second-order valence-corrected chi connectivity index (χ2v) is 7.48. The average molecular weight is 411 g/mol. The molecule has 0 radical (unpaired) electrons. The van der Waals surface area contributed by atoms with E-state index in [1.807, 2.05) is 54.6 Å². The summed E-state index contributed by atoms with van der Waals surface area (Å²) in [4.78, 5) is 19.8. The number of nitrogens with zero attached hydrogens (tertiary/aromatic N) is 2. The fourth-order valence-corrected chi connectivity index (χ4v) is 3.94. The molecule has 1 N–H and O–H groups in total. The summed E-state index contributed by atoms with van der Waals surface area (Å²) >= 11 is 3.50. The molecular weight excluding hydrogens is 392 g/mol. The molecule has 1 amide bonds. The highest BCUT2D eigenvalue weighted by Gasteiger charge is 2.30. The number of aliphatic hydroxyl groups excluding tert-OH is 1. The summed E-state index contributed by atoms with van der Waals surface area (Å²) in [5.41, 5.74) is 3.18. The van der Waals surface area contributed by atoms with Gasteiger partial charge < -0.3 is 10.0 Å². The molecule has 1 fully saturated rings. The van der Waals surface area contributed by atoms with Gasteiger partial charge in [0.25, 0.3) is 5.91 Å². The van der Waals surface area contributed by atoms with Crippen LogP contribution in [0.1, 0.15) is 23.2 Å². The fraction of sp³-hybridized carbons (Fsp3) is 0.238. The molecule has 0 aliphatic carbocycles. The first-order valence-electron chi connectivity index (χ1n) is 8.75. The van der Waals surface area contributed by atoms with E-state index in [4.69, 9.17) is 4.98 Å². The van der Waals surface area contributed by atoms with Gasteiger partial charge in [-0.1, -0.05) is 46.3 Å². The Kier molecular flexibility index (Phi) is 4.74. The van der Waals surface area contributed by atoms with Crippen LogP contribution in [0.5, 0.6) is 0 Å². The van der Waals surface area contributed by atoms with Crippen molar-refractivity contribution in [2.24, 2.45) is 0 Å². The molecule has 2 aromatic carbocycles. The van der Waals surface area contributed by atoms with E-state index in [0.29, 0.717) is 12.1 Å². The Bertz CT molecular complexity index is 959. The summed E-state index contributed by atoms with van der Waals surface area (Å²) in [6.07, 6.45) is 1.77. The molecule has 0 spiro atoms. The van der Waals surface area contributed by atoms with E-state index in [2.05, 4.69) is 15.9 Å². The number of carbonyl (C=O) groups excluding carboxylic acids is 1. The highest BCUT2D eigenvalue weighted by atomic mass is 79.9. The number of likely N-dealkylation sites (tertiary alicyclic amines) is 1. The van der Waals surface area contributed by atoms with Crippen molar-refractivity contribution < 1.29 is 9.90 Å².